The number of nitrogens with zero attached hydrogens (tertiary/aromatic N) is 3. The van der Waals surface area contributed by atoms with E-state index in [0.29, 0.717) is 36.8 Å². The highest BCUT2D eigenvalue weighted by atomic mass is 19.1. The van der Waals surface area contributed by atoms with E-state index >= 15 is 0 Å². The molecule has 31 heavy (non-hydrogen) atoms. The van der Waals surface area contributed by atoms with Crippen LogP contribution in [0.15, 0.2) is 54.7 Å². The van der Waals surface area contributed by atoms with Crippen molar-refractivity contribution in [3.63, 3.8) is 0 Å². The Kier molecular flexibility index (Phi) is 6.35. The summed E-state index contributed by atoms with van der Waals surface area (Å²) in [5.41, 5.74) is 1.30. The Balaban J connectivity index is 1.51. The summed E-state index contributed by atoms with van der Waals surface area (Å²) in [6, 6.07) is 14.7. The molecule has 1 aliphatic heterocycles. The lowest BCUT2D eigenvalue weighted by atomic mass is 10.1. The fraction of sp³-hybridized carbons (Fsp3) is 0.360. The van der Waals surface area contributed by atoms with Crippen molar-refractivity contribution < 1.29 is 9.18 Å². The third-order valence-corrected chi connectivity index (χ3v) is 5.79. The van der Waals surface area contributed by atoms with Crippen molar-refractivity contribution in [3.8, 4) is 0 Å². The quantitative estimate of drug-likeness (QED) is 0.639. The average molecular weight is 421 g/mol. The van der Waals surface area contributed by atoms with E-state index in [1.165, 1.54) is 6.07 Å². The Morgan fingerprint density at radius 2 is 1.81 bits per heavy atom. The number of hydrogen-bond donors (Lipinski definition) is 1. The Hall–Kier alpha value is -3.15. The molecule has 1 aromatic heterocycles. The van der Waals surface area contributed by atoms with Crippen LogP contribution in [0.3, 0.4) is 0 Å². The SMILES string of the molecule is CC(C)CCNC(=O)c1ccc2ccnc(N3CCN(c4ccccc4F)CC3)c2c1. The highest BCUT2D eigenvalue weighted by molar-refractivity contribution is 6.01. The topological polar surface area (TPSA) is 48.5 Å². The zero-order chi connectivity index (χ0) is 21.8. The molecule has 2 aromatic carbocycles. The Bertz CT molecular complexity index is 1060. The van der Waals surface area contributed by atoms with Crippen LogP contribution < -0.4 is 15.1 Å². The minimum absolute atomic E-state index is 0.0540. The summed E-state index contributed by atoms with van der Waals surface area (Å²) >= 11 is 0. The molecule has 0 aliphatic carbocycles. The summed E-state index contributed by atoms with van der Waals surface area (Å²) in [7, 11) is 0. The lowest BCUT2D eigenvalue weighted by molar-refractivity contribution is 0.0952. The summed E-state index contributed by atoms with van der Waals surface area (Å²) in [5, 5.41) is 5.03. The molecule has 1 aliphatic rings. The number of hydrogen-bond acceptors (Lipinski definition) is 4. The summed E-state index contributed by atoms with van der Waals surface area (Å²) < 4.78 is 14.1. The van der Waals surface area contributed by atoms with Crippen LogP contribution in [-0.2, 0) is 0 Å². The zero-order valence-electron chi connectivity index (χ0n) is 18.1. The van der Waals surface area contributed by atoms with E-state index in [1.54, 1.807) is 6.07 Å². The van der Waals surface area contributed by atoms with Crippen LogP contribution in [0, 0.1) is 11.7 Å². The largest absolute Gasteiger partial charge is 0.366 e. The van der Waals surface area contributed by atoms with Gasteiger partial charge in [-0.1, -0.05) is 32.0 Å². The molecule has 0 atom stereocenters. The van der Waals surface area contributed by atoms with Gasteiger partial charge in [-0.15, -0.1) is 0 Å². The van der Waals surface area contributed by atoms with Gasteiger partial charge in [0.1, 0.15) is 11.6 Å². The first kappa shape index (κ1) is 21.1. The molecular weight excluding hydrogens is 391 g/mol. The van der Waals surface area contributed by atoms with Gasteiger partial charge in [-0.05, 0) is 48.1 Å². The first-order valence-electron chi connectivity index (χ1n) is 10.9. The summed E-state index contributed by atoms with van der Waals surface area (Å²) in [5.74, 6) is 1.19. The van der Waals surface area contributed by atoms with Gasteiger partial charge in [0.05, 0.1) is 5.69 Å². The number of para-hydroxylation sites is 1. The zero-order valence-corrected chi connectivity index (χ0v) is 18.1. The third kappa shape index (κ3) is 4.79. The maximum absolute atomic E-state index is 14.1. The van der Waals surface area contributed by atoms with Gasteiger partial charge in [0.15, 0.2) is 0 Å². The number of rotatable bonds is 6. The number of pyridine rings is 1. The van der Waals surface area contributed by atoms with Gasteiger partial charge in [0, 0.05) is 49.9 Å². The van der Waals surface area contributed by atoms with Crippen molar-refractivity contribution in [2.24, 2.45) is 5.92 Å². The second-order valence-corrected chi connectivity index (χ2v) is 8.43. The molecule has 1 saturated heterocycles. The molecule has 2 heterocycles. The monoisotopic (exact) mass is 420 g/mol. The highest BCUT2D eigenvalue weighted by Crippen LogP contribution is 2.28. The van der Waals surface area contributed by atoms with Crippen LogP contribution in [0.5, 0.6) is 0 Å². The molecule has 0 saturated carbocycles. The van der Waals surface area contributed by atoms with Crippen LogP contribution in [0.2, 0.25) is 0 Å². The maximum Gasteiger partial charge on any atom is 0.251 e. The fourth-order valence-electron chi connectivity index (χ4n) is 3.99. The predicted molar refractivity (Wildman–Crippen MR) is 124 cm³/mol. The molecule has 1 amide bonds. The van der Waals surface area contributed by atoms with Crippen LogP contribution in [0.1, 0.15) is 30.6 Å². The Labute approximate surface area is 182 Å². The number of amides is 1. The average Bonchev–Trinajstić information content (AvgIpc) is 2.78. The minimum atomic E-state index is -0.188. The van der Waals surface area contributed by atoms with Gasteiger partial charge in [-0.3, -0.25) is 4.79 Å². The van der Waals surface area contributed by atoms with Crippen LogP contribution in [0.25, 0.3) is 10.8 Å². The molecule has 0 bridgehead atoms. The summed E-state index contributed by atoms with van der Waals surface area (Å²) in [4.78, 5) is 21.5. The van der Waals surface area contributed by atoms with Gasteiger partial charge in [0.25, 0.3) is 5.91 Å². The number of fused-ring (bicyclic) bond motifs is 1. The molecule has 1 N–H and O–H groups in total. The van der Waals surface area contributed by atoms with Gasteiger partial charge in [-0.25, -0.2) is 9.37 Å². The molecule has 0 radical (unpaired) electrons. The van der Waals surface area contributed by atoms with Gasteiger partial charge in [0.2, 0.25) is 0 Å². The normalized spacial score (nSPS) is 14.3. The fourth-order valence-corrected chi connectivity index (χ4v) is 3.99. The molecule has 5 nitrogen and oxygen atoms in total. The molecule has 3 aromatic rings. The number of piperazine rings is 1. The molecule has 1 fully saturated rings. The van der Waals surface area contributed by atoms with E-state index in [9.17, 15) is 9.18 Å². The van der Waals surface area contributed by atoms with Crippen molar-refractivity contribution in [2.75, 3.05) is 42.5 Å². The van der Waals surface area contributed by atoms with E-state index in [2.05, 4.69) is 33.9 Å². The first-order chi connectivity index (χ1) is 15.0. The molecule has 162 valence electrons. The summed E-state index contributed by atoms with van der Waals surface area (Å²) in [6.45, 7) is 7.88. The van der Waals surface area contributed by atoms with E-state index in [4.69, 9.17) is 0 Å². The number of carbonyl (C=O) groups excluding carboxylic acids is 1. The third-order valence-electron chi connectivity index (χ3n) is 5.79. The number of anilines is 2. The maximum atomic E-state index is 14.1. The Morgan fingerprint density at radius 3 is 2.55 bits per heavy atom. The number of aromatic nitrogens is 1. The number of halogens is 1. The minimum Gasteiger partial charge on any atom is -0.366 e. The first-order valence-corrected chi connectivity index (χ1v) is 10.9. The number of carbonyl (C=O) groups is 1. The number of benzene rings is 2. The molecule has 0 unspecified atom stereocenters. The number of nitrogens with one attached hydrogen (secondary N) is 1. The van der Waals surface area contributed by atoms with Crippen molar-refractivity contribution in [2.45, 2.75) is 20.3 Å². The van der Waals surface area contributed by atoms with E-state index in [1.807, 2.05) is 42.6 Å². The second-order valence-electron chi connectivity index (χ2n) is 8.43. The van der Waals surface area contributed by atoms with Gasteiger partial charge in [-0.2, -0.15) is 0 Å². The van der Waals surface area contributed by atoms with Crippen LogP contribution >= 0.6 is 0 Å². The van der Waals surface area contributed by atoms with E-state index < -0.39 is 0 Å². The molecule has 0 spiro atoms. The van der Waals surface area contributed by atoms with E-state index in [-0.39, 0.29) is 11.7 Å². The predicted octanol–water partition coefficient (Wildman–Crippen LogP) is 4.48. The van der Waals surface area contributed by atoms with Crippen molar-refractivity contribution >= 4 is 28.2 Å². The van der Waals surface area contributed by atoms with Crippen molar-refractivity contribution in [1.29, 1.82) is 0 Å². The van der Waals surface area contributed by atoms with Crippen molar-refractivity contribution in [3.05, 3.63) is 66.1 Å². The highest BCUT2D eigenvalue weighted by Gasteiger charge is 2.22. The van der Waals surface area contributed by atoms with Crippen LogP contribution in [-0.4, -0.2) is 43.6 Å². The Morgan fingerprint density at radius 1 is 1.06 bits per heavy atom. The lowest BCUT2D eigenvalue weighted by Gasteiger charge is -2.37. The van der Waals surface area contributed by atoms with Gasteiger partial charge >= 0.3 is 0 Å². The summed E-state index contributed by atoms with van der Waals surface area (Å²) in [6.07, 6.45) is 2.77. The second kappa shape index (κ2) is 9.33. The smallest absolute Gasteiger partial charge is 0.251 e. The van der Waals surface area contributed by atoms with Crippen molar-refractivity contribution in [1.82, 2.24) is 10.3 Å². The lowest BCUT2D eigenvalue weighted by Crippen LogP contribution is -2.47. The standard InChI is InChI=1S/C25H29FN4O/c1-18(2)9-11-28-25(31)20-8-7-19-10-12-27-24(21(19)17-20)30-15-13-29(14-16-30)23-6-4-3-5-22(23)26/h3-8,10,12,17-18H,9,11,13-16H2,1-2H3,(H,28,31). The van der Waals surface area contributed by atoms with Crippen LogP contribution in [0.4, 0.5) is 15.9 Å². The molecule has 4 rings (SSSR count). The van der Waals surface area contributed by atoms with Gasteiger partial charge < -0.3 is 15.1 Å². The molecular formula is C25H29FN4O. The van der Waals surface area contributed by atoms with E-state index in [0.717, 1.165) is 36.1 Å². The molecule has 6 heteroatoms.